The van der Waals surface area contributed by atoms with Gasteiger partial charge in [0.2, 0.25) is 0 Å². The lowest BCUT2D eigenvalue weighted by Crippen LogP contribution is -2.24. The topological polar surface area (TPSA) is 33.0 Å². The Kier molecular flexibility index (Phi) is 2.26. The summed E-state index contributed by atoms with van der Waals surface area (Å²) in [5, 5.41) is 9.22. The molecule has 2 rings (SSSR count). The Morgan fingerprint density at radius 3 is 3.00 bits per heavy atom. The molecule has 0 bridgehead atoms. The summed E-state index contributed by atoms with van der Waals surface area (Å²) < 4.78 is 5.60. The predicted molar refractivity (Wildman–Crippen MR) is 53.7 cm³/mol. The summed E-state index contributed by atoms with van der Waals surface area (Å²) in [6.07, 6.45) is 1.74. The van der Waals surface area contributed by atoms with E-state index in [1.54, 1.807) is 0 Å². The fourth-order valence-electron chi connectivity index (χ4n) is 2.12. The summed E-state index contributed by atoms with van der Waals surface area (Å²) in [7, 11) is 0. The summed E-state index contributed by atoms with van der Waals surface area (Å²) in [6.45, 7) is 2.52. The number of ether oxygens (including phenoxy) is 1. The Bertz CT molecular complexity index is 376. The Labute approximate surface area is 84.1 Å². The van der Waals surface area contributed by atoms with E-state index in [4.69, 9.17) is 4.74 Å². The third kappa shape index (κ3) is 1.21. The molecule has 2 heteroatoms. The summed E-state index contributed by atoms with van der Waals surface area (Å²) in [5.74, 6) is 0. The molecule has 1 aliphatic carbocycles. The van der Waals surface area contributed by atoms with Gasteiger partial charge >= 0.3 is 0 Å². The zero-order valence-corrected chi connectivity index (χ0v) is 8.29. The third-order valence-electron chi connectivity index (χ3n) is 2.77. The minimum atomic E-state index is -0.675. The van der Waals surface area contributed by atoms with Crippen molar-refractivity contribution in [3.05, 3.63) is 35.4 Å². The highest BCUT2D eigenvalue weighted by Crippen LogP contribution is 2.39. The van der Waals surface area contributed by atoms with Crippen molar-refractivity contribution in [2.45, 2.75) is 25.4 Å². The quantitative estimate of drug-likeness (QED) is 0.712. The van der Waals surface area contributed by atoms with Crippen LogP contribution in [0.2, 0.25) is 0 Å². The van der Waals surface area contributed by atoms with Gasteiger partial charge in [-0.15, -0.1) is 0 Å². The van der Waals surface area contributed by atoms with Crippen LogP contribution in [0, 0.1) is 11.3 Å². The SMILES string of the molecule is CCOC1(C#N)CCc2ccccc21. The number of aryl methyl sites for hydroxylation is 1. The summed E-state index contributed by atoms with van der Waals surface area (Å²) >= 11 is 0. The van der Waals surface area contributed by atoms with Crippen LogP contribution in [0.5, 0.6) is 0 Å². The lowest BCUT2D eigenvalue weighted by molar-refractivity contribution is 0.00332. The highest BCUT2D eigenvalue weighted by atomic mass is 16.5. The van der Waals surface area contributed by atoms with Crippen LogP contribution in [-0.4, -0.2) is 6.61 Å². The van der Waals surface area contributed by atoms with E-state index in [1.807, 2.05) is 25.1 Å². The largest absolute Gasteiger partial charge is 0.356 e. The molecule has 72 valence electrons. The first kappa shape index (κ1) is 9.23. The van der Waals surface area contributed by atoms with Crippen LogP contribution in [0.15, 0.2) is 24.3 Å². The minimum Gasteiger partial charge on any atom is -0.356 e. The first-order valence-electron chi connectivity index (χ1n) is 4.96. The zero-order valence-electron chi connectivity index (χ0n) is 8.29. The molecule has 0 spiro atoms. The van der Waals surface area contributed by atoms with E-state index in [1.165, 1.54) is 5.56 Å². The highest BCUT2D eigenvalue weighted by molar-refractivity contribution is 5.41. The highest BCUT2D eigenvalue weighted by Gasteiger charge is 2.39. The van der Waals surface area contributed by atoms with E-state index in [9.17, 15) is 5.26 Å². The fourth-order valence-corrected chi connectivity index (χ4v) is 2.12. The first-order valence-corrected chi connectivity index (χ1v) is 4.96. The van der Waals surface area contributed by atoms with E-state index in [0.29, 0.717) is 6.61 Å². The standard InChI is InChI=1S/C12H13NO/c1-2-14-12(9-13)8-7-10-5-3-4-6-11(10)12/h3-6H,2,7-8H2,1H3. The summed E-state index contributed by atoms with van der Waals surface area (Å²) in [6, 6.07) is 10.4. The van der Waals surface area contributed by atoms with Crippen molar-refractivity contribution in [3.63, 3.8) is 0 Å². The molecule has 0 N–H and O–H groups in total. The average molecular weight is 187 g/mol. The monoisotopic (exact) mass is 187 g/mol. The number of hydrogen-bond acceptors (Lipinski definition) is 2. The van der Waals surface area contributed by atoms with Crippen LogP contribution in [0.4, 0.5) is 0 Å². The lowest BCUT2D eigenvalue weighted by Gasteiger charge is -2.21. The van der Waals surface area contributed by atoms with Crippen molar-refractivity contribution < 1.29 is 4.74 Å². The maximum absolute atomic E-state index is 9.22. The smallest absolute Gasteiger partial charge is 0.180 e. The second kappa shape index (κ2) is 3.43. The van der Waals surface area contributed by atoms with Crippen molar-refractivity contribution in [1.29, 1.82) is 5.26 Å². The Hall–Kier alpha value is -1.33. The van der Waals surface area contributed by atoms with E-state index >= 15 is 0 Å². The maximum Gasteiger partial charge on any atom is 0.180 e. The molecule has 1 aromatic carbocycles. The number of nitriles is 1. The zero-order chi connectivity index (χ0) is 10.0. The number of hydrogen-bond donors (Lipinski definition) is 0. The molecular formula is C12H13NO. The van der Waals surface area contributed by atoms with Gasteiger partial charge in [0.15, 0.2) is 5.60 Å². The van der Waals surface area contributed by atoms with Crippen LogP contribution in [0.3, 0.4) is 0 Å². The Morgan fingerprint density at radius 1 is 1.50 bits per heavy atom. The molecule has 1 unspecified atom stereocenters. The number of fused-ring (bicyclic) bond motifs is 1. The second-order valence-corrected chi connectivity index (χ2v) is 3.53. The van der Waals surface area contributed by atoms with Crippen LogP contribution >= 0.6 is 0 Å². The van der Waals surface area contributed by atoms with E-state index in [-0.39, 0.29) is 0 Å². The predicted octanol–water partition coefficient (Wildman–Crippen LogP) is 2.39. The molecule has 1 aromatic rings. The average Bonchev–Trinajstić information content (AvgIpc) is 2.59. The van der Waals surface area contributed by atoms with Gasteiger partial charge in [-0.2, -0.15) is 5.26 Å². The van der Waals surface area contributed by atoms with Crippen LogP contribution < -0.4 is 0 Å². The molecule has 0 fully saturated rings. The number of nitrogens with zero attached hydrogens (tertiary/aromatic N) is 1. The van der Waals surface area contributed by atoms with Crippen molar-refractivity contribution in [2.75, 3.05) is 6.61 Å². The van der Waals surface area contributed by atoms with Crippen LogP contribution in [0.25, 0.3) is 0 Å². The van der Waals surface area contributed by atoms with Gasteiger partial charge in [-0.1, -0.05) is 24.3 Å². The molecule has 14 heavy (non-hydrogen) atoms. The van der Waals surface area contributed by atoms with Gasteiger partial charge in [0.25, 0.3) is 0 Å². The molecule has 0 saturated carbocycles. The third-order valence-corrected chi connectivity index (χ3v) is 2.77. The van der Waals surface area contributed by atoms with E-state index in [2.05, 4.69) is 12.1 Å². The fraction of sp³-hybridized carbons (Fsp3) is 0.417. The summed E-state index contributed by atoms with van der Waals surface area (Å²) in [5.41, 5.74) is 1.64. The lowest BCUT2D eigenvalue weighted by atomic mass is 9.97. The molecule has 0 aromatic heterocycles. The van der Waals surface area contributed by atoms with Crippen molar-refractivity contribution in [3.8, 4) is 6.07 Å². The van der Waals surface area contributed by atoms with Gasteiger partial charge in [-0.25, -0.2) is 0 Å². The minimum absolute atomic E-state index is 0.585. The van der Waals surface area contributed by atoms with E-state index < -0.39 is 5.60 Å². The van der Waals surface area contributed by atoms with Gasteiger partial charge in [-0.05, 0) is 25.3 Å². The molecule has 0 amide bonds. The molecule has 0 heterocycles. The van der Waals surface area contributed by atoms with E-state index in [0.717, 1.165) is 18.4 Å². The van der Waals surface area contributed by atoms with Crippen molar-refractivity contribution >= 4 is 0 Å². The normalized spacial score (nSPS) is 24.3. The second-order valence-electron chi connectivity index (χ2n) is 3.53. The van der Waals surface area contributed by atoms with Gasteiger partial charge in [0.1, 0.15) is 6.07 Å². The number of rotatable bonds is 2. The molecule has 2 nitrogen and oxygen atoms in total. The molecule has 0 saturated heterocycles. The van der Waals surface area contributed by atoms with Crippen LogP contribution in [-0.2, 0) is 16.8 Å². The molecule has 1 aliphatic rings. The molecule has 1 atom stereocenters. The van der Waals surface area contributed by atoms with Crippen molar-refractivity contribution in [2.24, 2.45) is 0 Å². The van der Waals surface area contributed by atoms with Gasteiger partial charge in [0, 0.05) is 12.2 Å². The maximum atomic E-state index is 9.22. The Balaban J connectivity index is 2.46. The summed E-state index contributed by atoms with van der Waals surface area (Å²) in [4.78, 5) is 0. The molecule has 0 aliphatic heterocycles. The van der Waals surface area contributed by atoms with Gasteiger partial charge < -0.3 is 4.74 Å². The Morgan fingerprint density at radius 2 is 2.29 bits per heavy atom. The van der Waals surface area contributed by atoms with Gasteiger partial charge in [-0.3, -0.25) is 0 Å². The van der Waals surface area contributed by atoms with Crippen LogP contribution in [0.1, 0.15) is 24.5 Å². The molecule has 0 radical (unpaired) electrons. The first-order chi connectivity index (χ1) is 6.82. The van der Waals surface area contributed by atoms with Gasteiger partial charge in [0.05, 0.1) is 0 Å². The number of benzene rings is 1. The molecular weight excluding hydrogens is 174 g/mol. The van der Waals surface area contributed by atoms with Crippen molar-refractivity contribution in [1.82, 2.24) is 0 Å².